The fraction of sp³-hybridized carbons (Fsp3) is 0.474. The van der Waals surface area contributed by atoms with E-state index in [1.54, 1.807) is 16.9 Å². The molecule has 3 heterocycles. The summed E-state index contributed by atoms with van der Waals surface area (Å²) in [5.74, 6) is 0.420. The summed E-state index contributed by atoms with van der Waals surface area (Å²) in [6, 6.07) is 3.79. The average molecular weight is 354 g/mol. The van der Waals surface area contributed by atoms with Gasteiger partial charge in [0.15, 0.2) is 5.65 Å². The Balaban J connectivity index is 2.01. The molecule has 0 bridgehead atoms. The molecule has 0 aromatic carbocycles. The average Bonchev–Trinajstić information content (AvgIpc) is 3.09. The van der Waals surface area contributed by atoms with Gasteiger partial charge in [0.2, 0.25) is 0 Å². The number of rotatable bonds is 2. The number of aryl methyl sites for hydroxylation is 1. The Hall–Kier alpha value is -2.70. The maximum Gasteiger partial charge on any atom is 0.262 e. The van der Waals surface area contributed by atoms with Gasteiger partial charge in [0.1, 0.15) is 11.4 Å². The standard InChI is InChI=1S/C19H26N6O/c1-12-8-9-24-16(21-12)13(11-20-24)17(26)22-15-10-14(18(2,3)4)23-25(15)19(5,6)7/h8-11H,1-7H3,(H,22,26). The van der Waals surface area contributed by atoms with E-state index in [0.29, 0.717) is 17.0 Å². The van der Waals surface area contributed by atoms with Crippen LogP contribution in [0.5, 0.6) is 0 Å². The lowest BCUT2D eigenvalue weighted by Gasteiger charge is -2.22. The monoisotopic (exact) mass is 354 g/mol. The lowest BCUT2D eigenvalue weighted by Crippen LogP contribution is -2.27. The van der Waals surface area contributed by atoms with Gasteiger partial charge in [0, 0.05) is 23.4 Å². The number of nitrogens with zero attached hydrogens (tertiary/aromatic N) is 5. The fourth-order valence-corrected chi connectivity index (χ4v) is 2.65. The minimum atomic E-state index is -0.262. The third-order valence-corrected chi connectivity index (χ3v) is 4.11. The predicted molar refractivity (Wildman–Crippen MR) is 102 cm³/mol. The Morgan fingerprint density at radius 1 is 1.15 bits per heavy atom. The molecule has 3 aromatic rings. The molecule has 0 fully saturated rings. The van der Waals surface area contributed by atoms with Crippen molar-refractivity contribution >= 4 is 17.4 Å². The molecule has 1 N–H and O–H groups in total. The van der Waals surface area contributed by atoms with Gasteiger partial charge in [0.05, 0.1) is 17.4 Å². The van der Waals surface area contributed by atoms with Gasteiger partial charge in [-0.1, -0.05) is 20.8 Å². The van der Waals surface area contributed by atoms with Crippen molar-refractivity contribution in [1.82, 2.24) is 24.4 Å². The van der Waals surface area contributed by atoms with E-state index >= 15 is 0 Å². The molecule has 0 radical (unpaired) electrons. The van der Waals surface area contributed by atoms with E-state index in [9.17, 15) is 4.79 Å². The summed E-state index contributed by atoms with van der Waals surface area (Å²) in [6.45, 7) is 14.4. The number of fused-ring (bicyclic) bond motifs is 1. The van der Waals surface area contributed by atoms with Crippen LogP contribution >= 0.6 is 0 Å². The second-order valence-electron chi connectivity index (χ2n) is 8.60. The van der Waals surface area contributed by atoms with Crippen molar-refractivity contribution in [3.63, 3.8) is 0 Å². The number of carbonyl (C=O) groups is 1. The van der Waals surface area contributed by atoms with E-state index in [0.717, 1.165) is 11.4 Å². The topological polar surface area (TPSA) is 77.1 Å². The summed E-state index contributed by atoms with van der Waals surface area (Å²) in [4.78, 5) is 17.3. The molecule has 0 spiro atoms. The normalized spacial score (nSPS) is 12.6. The van der Waals surface area contributed by atoms with Crippen LogP contribution in [-0.4, -0.2) is 30.3 Å². The number of amides is 1. The Kier molecular flexibility index (Phi) is 4.13. The molecular weight excluding hydrogens is 328 g/mol. The van der Waals surface area contributed by atoms with Crippen LogP contribution < -0.4 is 5.32 Å². The molecule has 3 aromatic heterocycles. The minimum absolute atomic E-state index is 0.112. The molecule has 138 valence electrons. The second kappa shape index (κ2) is 5.93. The summed E-state index contributed by atoms with van der Waals surface area (Å²) in [7, 11) is 0. The highest BCUT2D eigenvalue weighted by Crippen LogP contribution is 2.28. The number of aromatic nitrogens is 5. The van der Waals surface area contributed by atoms with Gasteiger partial charge < -0.3 is 5.32 Å². The zero-order chi connectivity index (χ0) is 19.3. The number of anilines is 1. The molecule has 0 aliphatic carbocycles. The Morgan fingerprint density at radius 2 is 1.85 bits per heavy atom. The van der Waals surface area contributed by atoms with Crippen molar-refractivity contribution in [3.05, 3.63) is 41.5 Å². The lowest BCUT2D eigenvalue weighted by atomic mass is 9.92. The molecule has 0 saturated carbocycles. The molecule has 0 atom stereocenters. The van der Waals surface area contributed by atoms with Crippen molar-refractivity contribution < 1.29 is 4.79 Å². The van der Waals surface area contributed by atoms with Gasteiger partial charge in [-0.15, -0.1) is 0 Å². The van der Waals surface area contributed by atoms with Crippen LogP contribution in [0.25, 0.3) is 5.65 Å². The van der Waals surface area contributed by atoms with Gasteiger partial charge in [-0.25, -0.2) is 14.2 Å². The molecule has 0 aliphatic heterocycles. The van der Waals surface area contributed by atoms with Crippen molar-refractivity contribution in [2.75, 3.05) is 5.32 Å². The van der Waals surface area contributed by atoms with E-state index in [2.05, 4.69) is 56.9 Å². The van der Waals surface area contributed by atoms with Gasteiger partial charge in [0.25, 0.3) is 5.91 Å². The molecular formula is C19H26N6O. The predicted octanol–water partition coefficient (Wildman–Crippen LogP) is 3.54. The van der Waals surface area contributed by atoms with Crippen LogP contribution in [0.1, 0.15) is 63.3 Å². The summed E-state index contributed by atoms with van der Waals surface area (Å²) in [6.07, 6.45) is 3.34. The number of hydrogen-bond acceptors (Lipinski definition) is 4. The van der Waals surface area contributed by atoms with E-state index < -0.39 is 0 Å². The number of nitrogens with one attached hydrogen (secondary N) is 1. The maximum absolute atomic E-state index is 12.9. The van der Waals surface area contributed by atoms with E-state index in [1.165, 1.54) is 0 Å². The number of carbonyl (C=O) groups excluding carboxylic acids is 1. The summed E-state index contributed by atoms with van der Waals surface area (Å²) in [5, 5.41) is 11.9. The first-order valence-electron chi connectivity index (χ1n) is 8.70. The van der Waals surface area contributed by atoms with Gasteiger partial charge in [-0.2, -0.15) is 10.2 Å². The van der Waals surface area contributed by atoms with Crippen molar-refractivity contribution in [3.8, 4) is 0 Å². The quantitative estimate of drug-likeness (QED) is 0.763. The SMILES string of the molecule is Cc1ccn2ncc(C(=O)Nc3cc(C(C)(C)C)nn3C(C)(C)C)c2n1. The van der Waals surface area contributed by atoms with Crippen molar-refractivity contribution in [2.45, 2.75) is 59.4 Å². The minimum Gasteiger partial charge on any atom is -0.307 e. The molecule has 3 rings (SSSR count). The molecule has 1 amide bonds. The zero-order valence-corrected chi connectivity index (χ0v) is 16.5. The molecule has 0 aliphatic rings. The van der Waals surface area contributed by atoms with Crippen LogP contribution in [0.15, 0.2) is 24.5 Å². The third kappa shape index (κ3) is 3.34. The zero-order valence-electron chi connectivity index (χ0n) is 16.5. The highest BCUT2D eigenvalue weighted by atomic mass is 16.1. The molecule has 26 heavy (non-hydrogen) atoms. The molecule has 7 nitrogen and oxygen atoms in total. The first kappa shape index (κ1) is 18.1. The van der Waals surface area contributed by atoms with Crippen molar-refractivity contribution in [1.29, 1.82) is 0 Å². The fourth-order valence-electron chi connectivity index (χ4n) is 2.65. The van der Waals surface area contributed by atoms with Gasteiger partial charge >= 0.3 is 0 Å². The van der Waals surface area contributed by atoms with Crippen LogP contribution in [0, 0.1) is 6.92 Å². The largest absolute Gasteiger partial charge is 0.307 e. The van der Waals surface area contributed by atoms with Crippen molar-refractivity contribution in [2.24, 2.45) is 0 Å². The Bertz CT molecular complexity index is 968. The summed E-state index contributed by atoms with van der Waals surface area (Å²) in [5.41, 5.74) is 2.37. The van der Waals surface area contributed by atoms with Gasteiger partial charge in [-0.05, 0) is 33.8 Å². The highest BCUT2D eigenvalue weighted by Gasteiger charge is 2.26. The van der Waals surface area contributed by atoms with Crippen LogP contribution in [0.4, 0.5) is 5.82 Å². The summed E-state index contributed by atoms with van der Waals surface area (Å²) >= 11 is 0. The highest BCUT2D eigenvalue weighted by molar-refractivity contribution is 6.07. The van der Waals surface area contributed by atoms with Gasteiger partial charge in [-0.3, -0.25) is 4.79 Å². The maximum atomic E-state index is 12.9. The van der Waals surface area contributed by atoms with Crippen LogP contribution in [-0.2, 0) is 11.0 Å². The molecule has 7 heteroatoms. The smallest absolute Gasteiger partial charge is 0.262 e. The molecule has 0 unspecified atom stereocenters. The third-order valence-electron chi connectivity index (χ3n) is 4.11. The Morgan fingerprint density at radius 3 is 2.46 bits per heavy atom. The lowest BCUT2D eigenvalue weighted by molar-refractivity contribution is 0.102. The van der Waals surface area contributed by atoms with Crippen LogP contribution in [0.2, 0.25) is 0 Å². The van der Waals surface area contributed by atoms with Crippen LogP contribution in [0.3, 0.4) is 0 Å². The first-order valence-corrected chi connectivity index (χ1v) is 8.70. The second-order valence-corrected chi connectivity index (χ2v) is 8.60. The van der Waals surface area contributed by atoms with E-state index in [1.807, 2.05) is 23.7 Å². The molecule has 0 saturated heterocycles. The Labute approximate surface area is 153 Å². The van der Waals surface area contributed by atoms with E-state index in [4.69, 9.17) is 5.10 Å². The number of hydrogen-bond donors (Lipinski definition) is 1. The first-order chi connectivity index (χ1) is 12.0. The summed E-state index contributed by atoms with van der Waals surface area (Å²) < 4.78 is 3.46. The van der Waals surface area contributed by atoms with E-state index in [-0.39, 0.29) is 16.9 Å².